The van der Waals surface area contributed by atoms with E-state index in [9.17, 15) is 28.8 Å². The Morgan fingerprint density at radius 2 is 0.391 bits per heavy atom. The third-order valence-electron chi connectivity index (χ3n) is 22.0. The lowest BCUT2D eigenvalue weighted by atomic mass is 10.1. The second-order valence-electron chi connectivity index (χ2n) is 32.4. The van der Waals surface area contributed by atoms with Crippen LogP contribution in [0.3, 0.4) is 0 Å². The first-order valence-corrected chi connectivity index (χ1v) is 46.7. The molecule has 10 aromatic carbocycles. The number of benzene rings is 10. The second-order valence-corrected chi connectivity index (χ2v) is 32.4. The van der Waals surface area contributed by atoms with Gasteiger partial charge in [-0.15, -0.1) is 0 Å². The van der Waals surface area contributed by atoms with Crippen LogP contribution in [0.5, 0.6) is 57.5 Å². The van der Waals surface area contributed by atoms with Crippen LogP contribution in [0.15, 0.2) is 243 Å². The van der Waals surface area contributed by atoms with Gasteiger partial charge in [-0.05, 0) is 267 Å². The minimum Gasteiger partial charge on any atom is -0.494 e. The zero-order valence-corrected chi connectivity index (χ0v) is 74.9. The number of unbranched alkanes of at least 4 members (excludes halogenated alkanes) is 32. The highest BCUT2D eigenvalue weighted by Gasteiger charge is 2.19. The van der Waals surface area contributed by atoms with Gasteiger partial charge in [0.2, 0.25) is 0 Å². The Morgan fingerprint density at radius 3 is 0.625 bits per heavy atom. The van der Waals surface area contributed by atoms with Crippen molar-refractivity contribution in [3.05, 3.63) is 276 Å². The van der Waals surface area contributed by atoms with Crippen molar-refractivity contribution < 1.29 is 76.1 Å². The number of carbonyl (C=O) groups is 6. The van der Waals surface area contributed by atoms with Crippen LogP contribution in [-0.4, -0.2) is 62.2 Å². The Labute approximate surface area is 758 Å². The molecule has 0 saturated carbocycles. The van der Waals surface area contributed by atoms with E-state index in [0.29, 0.717) is 106 Å². The lowest BCUT2D eigenvalue weighted by Crippen LogP contribution is -2.10. The first kappa shape index (κ1) is 97.5. The molecule has 10 aromatic rings. The van der Waals surface area contributed by atoms with E-state index in [0.717, 1.165) is 125 Å². The van der Waals surface area contributed by atoms with Crippen molar-refractivity contribution >= 4 is 35.8 Å². The van der Waals surface area contributed by atoms with E-state index in [1.54, 1.807) is 206 Å². The molecule has 0 N–H and O–H groups in total. The molecule has 0 saturated heterocycles. The van der Waals surface area contributed by atoms with Crippen LogP contribution in [0.25, 0.3) is 22.3 Å². The number of hydrogen-bond donors (Lipinski definition) is 0. The van der Waals surface area contributed by atoms with E-state index in [1.165, 1.54) is 128 Å². The fourth-order valence-corrected chi connectivity index (χ4v) is 14.5. The van der Waals surface area contributed by atoms with Gasteiger partial charge in [0, 0.05) is 12.8 Å². The Bertz CT molecular complexity index is 4750. The first-order chi connectivity index (χ1) is 62.9. The van der Waals surface area contributed by atoms with Gasteiger partial charge in [-0.2, -0.15) is 0 Å². The summed E-state index contributed by atoms with van der Waals surface area (Å²) in [5.74, 6) is 14.3. The fraction of sp³-hybridized carbons (Fsp3) is 0.375. The van der Waals surface area contributed by atoms with E-state index in [1.807, 2.05) is 36.4 Å². The monoisotopic (exact) mass is 1730 g/mol. The number of esters is 6. The maximum Gasteiger partial charge on any atom is 0.343 e. The summed E-state index contributed by atoms with van der Waals surface area (Å²) in [6, 6.07) is 68.8. The standard InChI is InChI=1S/C112H126O16/c1-3-5-7-9-11-13-27-31-35-39-81-119-99-69-57-91(58-70-99)109(115)125-103-77-61-93(62-78-103)111(117)127-105-47-43-45-95(85-105)87-49-73-101(74-50-87)123-107(113)89-53-65-97(66-54-89)121-83-41-37-33-29-25-23-21-19-17-15-16-18-20-22-24-26-30-34-38-42-84-122-98-67-55-90(56-68-98)108(114)124-102-75-51-88(52-76-102)96-46-44-48-106(86-96)128-112(118)94-63-79-104(80-64-94)126-110(116)92-59-71-100(72-60-92)120-82-40-36-32-28-14-12-10-8-6-4-2/h43-80,85-86H,3-14,19-42,81-84H2,1-2H3. The number of carbonyl (C=O) groups excluding carboxylic acids is 6. The minimum atomic E-state index is -0.567. The van der Waals surface area contributed by atoms with Crippen molar-refractivity contribution in [1.29, 1.82) is 0 Å². The topological polar surface area (TPSA) is 195 Å². The van der Waals surface area contributed by atoms with Crippen LogP contribution < -0.4 is 47.4 Å². The summed E-state index contributed by atoms with van der Waals surface area (Å²) in [6.07, 6.45) is 42.6. The molecule has 0 spiro atoms. The average molecular weight is 1730 g/mol. The van der Waals surface area contributed by atoms with Gasteiger partial charge in [0.05, 0.1) is 59.8 Å². The molecule has 0 aliphatic carbocycles. The first-order valence-electron chi connectivity index (χ1n) is 46.7. The molecule has 0 amide bonds. The zero-order chi connectivity index (χ0) is 89.5. The molecule has 0 fully saturated rings. The van der Waals surface area contributed by atoms with Gasteiger partial charge in [0.1, 0.15) is 57.5 Å². The summed E-state index contributed by atoms with van der Waals surface area (Å²) in [6.45, 7) is 6.99. The van der Waals surface area contributed by atoms with Crippen LogP contribution in [-0.2, 0) is 0 Å². The molecule has 0 radical (unpaired) electrons. The van der Waals surface area contributed by atoms with Crippen molar-refractivity contribution in [2.24, 2.45) is 0 Å². The molecule has 0 bridgehead atoms. The fourth-order valence-electron chi connectivity index (χ4n) is 14.5. The highest BCUT2D eigenvalue weighted by molar-refractivity contribution is 5.95. The predicted molar refractivity (Wildman–Crippen MR) is 507 cm³/mol. The highest BCUT2D eigenvalue weighted by atomic mass is 16.6. The van der Waals surface area contributed by atoms with Crippen molar-refractivity contribution in [2.45, 2.75) is 245 Å². The lowest BCUT2D eigenvalue weighted by molar-refractivity contribution is 0.0720. The van der Waals surface area contributed by atoms with Crippen molar-refractivity contribution in [3.63, 3.8) is 0 Å². The van der Waals surface area contributed by atoms with Gasteiger partial charge in [-0.3, -0.25) is 0 Å². The van der Waals surface area contributed by atoms with Gasteiger partial charge >= 0.3 is 35.8 Å². The molecular formula is C112H126O16. The molecule has 16 nitrogen and oxygen atoms in total. The largest absolute Gasteiger partial charge is 0.494 e. The maximum absolute atomic E-state index is 13.2. The summed E-state index contributed by atoms with van der Waals surface area (Å²) in [5, 5.41) is 0. The van der Waals surface area contributed by atoms with Crippen molar-refractivity contribution in [2.75, 3.05) is 26.4 Å². The number of ether oxygens (including phenoxy) is 10. The highest BCUT2D eigenvalue weighted by Crippen LogP contribution is 2.32. The summed E-state index contributed by atoms with van der Waals surface area (Å²) < 4.78 is 57.8. The van der Waals surface area contributed by atoms with Crippen LogP contribution in [0.2, 0.25) is 0 Å². The van der Waals surface area contributed by atoms with E-state index < -0.39 is 35.8 Å². The van der Waals surface area contributed by atoms with E-state index in [2.05, 4.69) is 37.5 Å². The molecule has 0 unspecified atom stereocenters. The Morgan fingerprint density at radius 1 is 0.195 bits per heavy atom. The number of rotatable bonds is 58. The van der Waals surface area contributed by atoms with Gasteiger partial charge in [0.15, 0.2) is 0 Å². The second kappa shape index (κ2) is 57.9. The molecule has 0 aromatic heterocycles. The third-order valence-corrected chi connectivity index (χ3v) is 22.0. The van der Waals surface area contributed by atoms with Crippen molar-refractivity contribution in [3.8, 4) is 103 Å². The van der Waals surface area contributed by atoms with Crippen LogP contribution in [0.4, 0.5) is 0 Å². The number of hydrogen-bond acceptors (Lipinski definition) is 16. The summed E-state index contributed by atoms with van der Waals surface area (Å²) >= 11 is 0. The molecule has 16 heteroatoms. The van der Waals surface area contributed by atoms with Crippen LogP contribution >= 0.6 is 0 Å². The minimum absolute atomic E-state index is 0.288. The molecule has 10 rings (SSSR count). The zero-order valence-electron chi connectivity index (χ0n) is 74.9. The predicted octanol–water partition coefficient (Wildman–Crippen LogP) is 28.6. The average Bonchev–Trinajstić information content (AvgIpc) is 0.828. The van der Waals surface area contributed by atoms with Gasteiger partial charge in [0.25, 0.3) is 0 Å². The van der Waals surface area contributed by atoms with Crippen molar-refractivity contribution in [1.82, 2.24) is 0 Å². The maximum atomic E-state index is 13.2. The quantitative estimate of drug-likeness (QED) is 0.0151. The van der Waals surface area contributed by atoms with Crippen LogP contribution in [0.1, 0.15) is 307 Å². The van der Waals surface area contributed by atoms with Crippen LogP contribution in [0, 0.1) is 23.7 Å². The van der Waals surface area contributed by atoms with Gasteiger partial charge in [-0.1, -0.05) is 254 Å². The molecule has 128 heavy (non-hydrogen) atoms. The van der Waals surface area contributed by atoms with E-state index in [4.69, 9.17) is 47.4 Å². The Balaban J connectivity index is 0.489. The van der Waals surface area contributed by atoms with Gasteiger partial charge in [-0.25, -0.2) is 28.8 Å². The summed E-state index contributed by atoms with van der Waals surface area (Å²) in [5.41, 5.74) is 5.43. The SMILES string of the molecule is CCCCCCCCCCCCOc1ccc(C(=O)Oc2ccc(C(=O)Oc3cccc(-c4ccc(OC(=O)c5ccc(OCCCCCCCCCC#CC#CCCCCCCCCCOc6ccc(C(=O)Oc7ccc(-c8cccc(OC(=O)c9ccc(OC(=O)c%10ccc(OCCCCCCCCCCCC)cc%10)cc9)c8)cc7)cc6)cc5)cc4)c3)cc2)cc1. The van der Waals surface area contributed by atoms with E-state index in [-0.39, 0.29) is 11.1 Å². The summed E-state index contributed by atoms with van der Waals surface area (Å²) in [7, 11) is 0. The Hall–Kier alpha value is -12.7. The van der Waals surface area contributed by atoms with Gasteiger partial charge < -0.3 is 47.4 Å². The molecule has 670 valence electrons. The summed E-state index contributed by atoms with van der Waals surface area (Å²) in [4.78, 5) is 78.4. The normalized spacial score (nSPS) is 10.8. The van der Waals surface area contributed by atoms with E-state index >= 15 is 0 Å². The molecule has 0 aliphatic rings. The Kier molecular flexibility index (Phi) is 44.1. The molecule has 0 heterocycles. The third kappa shape index (κ3) is 37.1. The smallest absolute Gasteiger partial charge is 0.343 e. The molecular weight excluding hydrogens is 1600 g/mol. The molecule has 0 atom stereocenters. The molecule has 0 aliphatic heterocycles. The lowest BCUT2D eigenvalue weighted by Gasteiger charge is -2.10.